The summed E-state index contributed by atoms with van der Waals surface area (Å²) < 4.78 is 5.77. The zero-order valence-electron chi connectivity index (χ0n) is 14.2. The molecule has 0 saturated carbocycles. The summed E-state index contributed by atoms with van der Waals surface area (Å²) in [6.07, 6.45) is 1.61. The van der Waals surface area contributed by atoms with E-state index in [-0.39, 0.29) is 5.91 Å². The lowest BCUT2D eigenvalue weighted by atomic mass is 10.2. The third-order valence-electron chi connectivity index (χ3n) is 3.67. The first-order valence-corrected chi connectivity index (χ1v) is 9.73. The van der Waals surface area contributed by atoms with Gasteiger partial charge in [0.1, 0.15) is 23.1 Å². The van der Waals surface area contributed by atoms with Crippen LogP contribution in [0.4, 0.5) is 0 Å². The van der Waals surface area contributed by atoms with Crippen LogP contribution >= 0.6 is 34.5 Å². The maximum Gasteiger partial charge on any atom is 0.271 e. The monoisotopic (exact) mass is 418 g/mol. The highest BCUT2D eigenvalue weighted by Crippen LogP contribution is 2.33. The largest absolute Gasteiger partial charge is 0.489 e. The smallest absolute Gasteiger partial charge is 0.271 e. The maximum atomic E-state index is 12.0. The predicted molar refractivity (Wildman–Crippen MR) is 111 cm³/mol. The Labute approximate surface area is 171 Å². The van der Waals surface area contributed by atoms with E-state index < -0.39 is 0 Å². The number of nitrogens with zero attached hydrogens (tertiary/aromatic N) is 1. The van der Waals surface area contributed by atoms with E-state index >= 15 is 0 Å². The molecule has 1 heterocycles. The van der Waals surface area contributed by atoms with Gasteiger partial charge in [-0.1, -0.05) is 47.5 Å². The third-order valence-corrected chi connectivity index (χ3v) is 5.22. The Morgan fingerprint density at radius 1 is 1.22 bits per heavy atom. The highest BCUT2D eigenvalue weighted by Gasteiger charge is 2.14. The van der Waals surface area contributed by atoms with Crippen molar-refractivity contribution < 1.29 is 9.53 Å². The molecular formula is C20H16Cl2N2O2S. The molecule has 0 fully saturated rings. The van der Waals surface area contributed by atoms with Crippen molar-refractivity contribution in [2.24, 2.45) is 0 Å². The number of hydrogen-bond donors (Lipinski definition) is 1. The number of halogens is 2. The summed E-state index contributed by atoms with van der Waals surface area (Å²) in [5, 5.41) is 6.22. The number of benzene rings is 2. The number of aromatic nitrogens is 1. The zero-order chi connectivity index (χ0) is 19.2. The van der Waals surface area contributed by atoms with Gasteiger partial charge in [0.2, 0.25) is 0 Å². The molecule has 27 heavy (non-hydrogen) atoms. The Morgan fingerprint density at radius 2 is 2.04 bits per heavy atom. The van der Waals surface area contributed by atoms with E-state index in [4.69, 9.17) is 27.9 Å². The molecule has 0 spiro atoms. The van der Waals surface area contributed by atoms with Crippen LogP contribution in [0.15, 0.2) is 60.5 Å². The van der Waals surface area contributed by atoms with Crippen molar-refractivity contribution >= 4 is 40.4 Å². The molecule has 7 heteroatoms. The van der Waals surface area contributed by atoms with Crippen LogP contribution in [-0.2, 0) is 6.61 Å². The van der Waals surface area contributed by atoms with Gasteiger partial charge < -0.3 is 10.1 Å². The summed E-state index contributed by atoms with van der Waals surface area (Å²) in [6.45, 7) is 4.31. The van der Waals surface area contributed by atoms with Gasteiger partial charge in [-0.25, -0.2) is 4.98 Å². The van der Waals surface area contributed by atoms with Crippen LogP contribution < -0.4 is 10.1 Å². The Hall–Kier alpha value is -2.34. The molecule has 3 rings (SSSR count). The molecule has 1 amide bonds. The molecule has 3 aromatic rings. The lowest BCUT2D eigenvalue weighted by molar-refractivity contribution is 0.0954. The Morgan fingerprint density at radius 3 is 2.78 bits per heavy atom. The fourth-order valence-electron chi connectivity index (χ4n) is 2.29. The minimum absolute atomic E-state index is 0.242. The Bertz CT molecular complexity index is 972. The van der Waals surface area contributed by atoms with Crippen molar-refractivity contribution in [1.29, 1.82) is 0 Å². The quantitative estimate of drug-likeness (QED) is 0.507. The summed E-state index contributed by atoms with van der Waals surface area (Å²) in [5.74, 6) is 0.386. The van der Waals surface area contributed by atoms with Gasteiger partial charge in [0.15, 0.2) is 0 Å². The maximum absolute atomic E-state index is 12.0. The molecule has 138 valence electrons. The van der Waals surface area contributed by atoms with Crippen molar-refractivity contribution in [3.63, 3.8) is 0 Å². The first kappa shape index (κ1) is 19.4. The number of rotatable bonds is 7. The standard InChI is InChI=1S/C20H16Cl2N2O2S/c1-2-9-23-19(25)18-12-27-20(24-18)15-8-7-14(10-17(15)22)26-11-13-5-3-4-6-16(13)21/h2-8,10,12H,1,9,11H2,(H,23,25). The minimum atomic E-state index is -0.242. The van der Waals surface area contributed by atoms with Gasteiger partial charge in [0.05, 0.1) is 5.02 Å². The summed E-state index contributed by atoms with van der Waals surface area (Å²) in [5.41, 5.74) is 2.00. The molecule has 0 aliphatic carbocycles. The van der Waals surface area contributed by atoms with E-state index in [1.54, 1.807) is 17.5 Å². The second-order valence-electron chi connectivity index (χ2n) is 5.56. The normalized spacial score (nSPS) is 10.4. The molecule has 0 aliphatic heterocycles. The van der Waals surface area contributed by atoms with Gasteiger partial charge in [-0.15, -0.1) is 17.9 Å². The molecule has 2 aromatic carbocycles. The van der Waals surface area contributed by atoms with Crippen molar-refractivity contribution in [3.8, 4) is 16.3 Å². The average Bonchev–Trinajstić information content (AvgIpc) is 3.15. The molecule has 0 bridgehead atoms. The SMILES string of the molecule is C=CCNC(=O)c1csc(-c2ccc(OCc3ccccc3Cl)cc2Cl)n1. The number of hydrogen-bond acceptors (Lipinski definition) is 4. The van der Waals surface area contributed by atoms with Gasteiger partial charge in [0.25, 0.3) is 5.91 Å². The lowest BCUT2D eigenvalue weighted by Gasteiger charge is -2.09. The van der Waals surface area contributed by atoms with Crippen LogP contribution in [-0.4, -0.2) is 17.4 Å². The van der Waals surface area contributed by atoms with E-state index in [0.29, 0.717) is 39.6 Å². The second kappa shape index (κ2) is 9.04. The van der Waals surface area contributed by atoms with Gasteiger partial charge >= 0.3 is 0 Å². The summed E-state index contributed by atoms with van der Waals surface area (Å²) in [4.78, 5) is 16.3. The van der Waals surface area contributed by atoms with Crippen molar-refractivity contribution in [1.82, 2.24) is 10.3 Å². The van der Waals surface area contributed by atoms with E-state index in [9.17, 15) is 4.79 Å². The molecule has 0 unspecified atom stereocenters. The highest BCUT2D eigenvalue weighted by atomic mass is 35.5. The van der Waals surface area contributed by atoms with Gasteiger partial charge in [-0.3, -0.25) is 4.79 Å². The van der Waals surface area contributed by atoms with E-state index in [0.717, 1.165) is 11.1 Å². The molecular weight excluding hydrogens is 403 g/mol. The first-order chi connectivity index (χ1) is 13.1. The number of amides is 1. The van der Waals surface area contributed by atoms with Crippen LogP contribution in [0.3, 0.4) is 0 Å². The zero-order valence-corrected chi connectivity index (χ0v) is 16.6. The molecule has 1 aromatic heterocycles. The molecule has 4 nitrogen and oxygen atoms in total. The topological polar surface area (TPSA) is 51.2 Å². The van der Waals surface area contributed by atoms with Crippen LogP contribution in [0.25, 0.3) is 10.6 Å². The number of ether oxygens (including phenoxy) is 1. The molecule has 0 atom stereocenters. The Kier molecular flexibility index (Phi) is 6.50. The number of carbonyl (C=O) groups excluding carboxylic acids is 1. The second-order valence-corrected chi connectivity index (χ2v) is 7.23. The van der Waals surface area contributed by atoms with Gasteiger partial charge in [0, 0.05) is 28.1 Å². The minimum Gasteiger partial charge on any atom is -0.489 e. The fraction of sp³-hybridized carbons (Fsp3) is 0.100. The van der Waals surface area contributed by atoms with Crippen LogP contribution in [0.5, 0.6) is 5.75 Å². The predicted octanol–water partition coefficient (Wildman–Crippen LogP) is 5.61. The van der Waals surface area contributed by atoms with Crippen molar-refractivity contribution in [2.45, 2.75) is 6.61 Å². The first-order valence-electron chi connectivity index (χ1n) is 8.09. The average molecular weight is 419 g/mol. The van der Waals surface area contributed by atoms with Crippen molar-refractivity contribution in [3.05, 3.63) is 81.8 Å². The number of carbonyl (C=O) groups is 1. The van der Waals surface area contributed by atoms with Crippen LogP contribution in [0.2, 0.25) is 10.0 Å². The van der Waals surface area contributed by atoms with E-state index in [1.165, 1.54) is 11.3 Å². The van der Waals surface area contributed by atoms with Gasteiger partial charge in [-0.05, 0) is 24.3 Å². The van der Waals surface area contributed by atoms with E-state index in [2.05, 4.69) is 16.9 Å². The Balaban J connectivity index is 1.71. The number of thiazole rings is 1. The fourth-order valence-corrected chi connectivity index (χ4v) is 3.64. The van der Waals surface area contributed by atoms with Gasteiger partial charge in [-0.2, -0.15) is 0 Å². The lowest BCUT2D eigenvalue weighted by Crippen LogP contribution is -2.23. The van der Waals surface area contributed by atoms with E-state index in [1.807, 2.05) is 36.4 Å². The molecule has 0 aliphatic rings. The summed E-state index contributed by atoms with van der Waals surface area (Å²) in [6, 6.07) is 12.9. The molecule has 0 saturated heterocycles. The summed E-state index contributed by atoms with van der Waals surface area (Å²) >= 11 is 13.9. The summed E-state index contributed by atoms with van der Waals surface area (Å²) in [7, 11) is 0. The molecule has 1 N–H and O–H groups in total. The third kappa shape index (κ3) is 4.89. The number of nitrogens with one attached hydrogen (secondary N) is 1. The van der Waals surface area contributed by atoms with Crippen LogP contribution in [0.1, 0.15) is 16.1 Å². The molecule has 0 radical (unpaired) electrons. The van der Waals surface area contributed by atoms with Crippen LogP contribution in [0, 0.1) is 0 Å². The van der Waals surface area contributed by atoms with Crippen molar-refractivity contribution in [2.75, 3.05) is 6.54 Å². The highest BCUT2D eigenvalue weighted by molar-refractivity contribution is 7.13.